The molecule has 0 saturated heterocycles. The van der Waals surface area contributed by atoms with Crippen molar-refractivity contribution in [3.05, 3.63) is 59.3 Å². The zero-order valence-electron chi connectivity index (χ0n) is 11.8. The first-order valence-corrected chi connectivity index (χ1v) is 6.89. The van der Waals surface area contributed by atoms with Crippen LogP contribution in [0.3, 0.4) is 0 Å². The van der Waals surface area contributed by atoms with E-state index in [9.17, 15) is 0 Å². The number of aryl methyl sites for hydroxylation is 2. The zero-order valence-corrected chi connectivity index (χ0v) is 11.8. The summed E-state index contributed by atoms with van der Waals surface area (Å²) in [5.41, 5.74) is 4.62. The number of hydrogen-bond acceptors (Lipinski definition) is 3. The Morgan fingerprint density at radius 3 is 2.55 bits per heavy atom. The molecule has 2 heterocycles. The highest BCUT2D eigenvalue weighted by Crippen LogP contribution is 2.10. The maximum Gasteiger partial charge on any atom is 0.243 e. The molecular formula is C16H18N4. The Bertz CT molecular complexity index is 713. The van der Waals surface area contributed by atoms with Gasteiger partial charge in [0, 0.05) is 12.7 Å². The maximum absolute atomic E-state index is 4.44. The SMILES string of the molecule is CCc1ccc(CNc2nc3ccc(C)cn3n2)cc1. The lowest BCUT2D eigenvalue weighted by Gasteiger charge is -2.03. The molecule has 0 bridgehead atoms. The third kappa shape index (κ3) is 2.64. The minimum atomic E-state index is 0.662. The third-order valence-electron chi connectivity index (χ3n) is 3.36. The molecule has 0 spiro atoms. The summed E-state index contributed by atoms with van der Waals surface area (Å²) in [6.45, 7) is 4.94. The summed E-state index contributed by atoms with van der Waals surface area (Å²) in [5.74, 6) is 0.662. The molecular weight excluding hydrogens is 248 g/mol. The molecule has 4 nitrogen and oxygen atoms in total. The Morgan fingerprint density at radius 1 is 1.05 bits per heavy atom. The number of aromatic nitrogens is 3. The minimum absolute atomic E-state index is 0.662. The van der Waals surface area contributed by atoms with Crippen LogP contribution in [-0.4, -0.2) is 14.6 Å². The van der Waals surface area contributed by atoms with E-state index in [1.54, 1.807) is 4.52 Å². The predicted octanol–water partition coefficient (Wildman–Crippen LogP) is 3.21. The van der Waals surface area contributed by atoms with E-state index < -0.39 is 0 Å². The van der Waals surface area contributed by atoms with E-state index in [-0.39, 0.29) is 0 Å². The molecule has 0 aliphatic carbocycles. The van der Waals surface area contributed by atoms with Crippen molar-refractivity contribution in [3.63, 3.8) is 0 Å². The number of anilines is 1. The summed E-state index contributed by atoms with van der Waals surface area (Å²) >= 11 is 0. The summed E-state index contributed by atoms with van der Waals surface area (Å²) in [6, 6.07) is 12.6. The molecule has 102 valence electrons. The van der Waals surface area contributed by atoms with Crippen molar-refractivity contribution in [2.75, 3.05) is 5.32 Å². The molecule has 20 heavy (non-hydrogen) atoms. The van der Waals surface area contributed by atoms with Crippen LogP contribution >= 0.6 is 0 Å². The van der Waals surface area contributed by atoms with E-state index >= 15 is 0 Å². The van der Waals surface area contributed by atoms with Crippen LogP contribution in [0.15, 0.2) is 42.6 Å². The number of hydrogen-bond donors (Lipinski definition) is 1. The van der Waals surface area contributed by atoms with Crippen LogP contribution in [0.25, 0.3) is 5.65 Å². The highest BCUT2D eigenvalue weighted by Gasteiger charge is 2.03. The smallest absolute Gasteiger partial charge is 0.243 e. The first-order chi connectivity index (χ1) is 9.74. The van der Waals surface area contributed by atoms with Gasteiger partial charge in [-0.1, -0.05) is 37.3 Å². The first-order valence-electron chi connectivity index (χ1n) is 6.89. The zero-order chi connectivity index (χ0) is 13.9. The van der Waals surface area contributed by atoms with E-state index in [1.165, 1.54) is 16.7 Å². The van der Waals surface area contributed by atoms with Crippen LogP contribution in [0.5, 0.6) is 0 Å². The molecule has 1 aromatic carbocycles. The topological polar surface area (TPSA) is 42.2 Å². The molecule has 3 rings (SSSR count). The van der Waals surface area contributed by atoms with Crippen LogP contribution in [0.1, 0.15) is 23.6 Å². The Balaban J connectivity index is 1.72. The van der Waals surface area contributed by atoms with Gasteiger partial charge >= 0.3 is 0 Å². The number of pyridine rings is 1. The van der Waals surface area contributed by atoms with Crippen molar-refractivity contribution < 1.29 is 0 Å². The van der Waals surface area contributed by atoms with Crippen molar-refractivity contribution >= 4 is 11.6 Å². The Kier molecular flexibility index (Phi) is 3.37. The standard InChI is InChI=1S/C16H18N4/c1-3-13-5-7-14(8-6-13)10-17-16-18-15-9-4-12(2)11-20(15)19-16/h4-9,11H,3,10H2,1-2H3,(H,17,19). The van der Waals surface area contributed by atoms with Gasteiger partial charge in [0.25, 0.3) is 0 Å². The Labute approximate surface area is 118 Å². The van der Waals surface area contributed by atoms with Crippen molar-refractivity contribution in [2.45, 2.75) is 26.8 Å². The second kappa shape index (κ2) is 5.33. The predicted molar refractivity (Wildman–Crippen MR) is 80.9 cm³/mol. The van der Waals surface area contributed by atoms with Crippen LogP contribution < -0.4 is 5.32 Å². The van der Waals surface area contributed by atoms with Crippen molar-refractivity contribution in [1.29, 1.82) is 0 Å². The lowest BCUT2D eigenvalue weighted by molar-refractivity contribution is 0.942. The summed E-state index contributed by atoms with van der Waals surface area (Å²) < 4.78 is 1.80. The Morgan fingerprint density at radius 2 is 1.80 bits per heavy atom. The number of nitrogens with one attached hydrogen (secondary N) is 1. The van der Waals surface area contributed by atoms with Crippen molar-refractivity contribution in [2.24, 2.45) is 0 Å². The fourth-order valence-electron chi connectivity index (χ4n) is 2.13. The molecule has 0 saturated carbocycles. The summed E-state index contributed by atoms with van der Waals surface area (Å²) in [5, 5.41) is 7.68. The molecule has 0 radical (unpaired) electrons. The average molecular weight is 266 g/mol. The van der Waals surface area contributed by atoms with Gasteiger partial charge in [-0.2, -0.15) is 4.98 Å². The Hall–Kier alpha value is -2.36. The fraction of sp³-hybridized carbons (Fsp3) is 0.250. The lowest BCUT2D eigenvalue weighted by Crippen LogP contribution is -2.01. The van der Waals surface area contributed by atoms with Crippen LogP contribution in [0.2, 0.25) is 0 Å². The molecule has 0 unspecified atom stereocenters. The van der Waals surface area contributed by atoms with E-state index in [1.807, 2.05) is 25.3 Å². The van der Waals surface area contributed by atoms with Gasteiger partial charge in [0.1, 0.15) is 0 Å². The molecule has 3 aromatic rings. The van der Waals surface area contributed by atoms with E-state index in [2.05, 4.69) is 46.6 Å². The highest BCUT2D eigenvalue weighted by atomic mass is 15.3. The summed E-state index contributed by atoms with van der Waals surface area (Å²) in [4.78, 5) is 4.44. The van der Waals surface area contributed by atoms with Crippen molar-refractivity contribution in [3.8, 4) is 0 Å². The van der Waals surface area contributed by atoms with Crippen LogP contribution in [0, 0.1) is 6.92 Å². The molecule has 0 aliphatic rings. The maximum atomic E-state index is 4.44. The molecule has 2 aromatic heterocycles. The normalized spacial score (nSPS) is 10.9. The van der Waals surface area contributed by atoms with Crippen LogP contribution in [-0.2, 0) is 13.0 Å². The molecule has 0 atom stereocenters. The molecule has 0 aliphatic heterocycles. The van der Waals surface area contributed by atoms with E-state index in [0.717, 1.165) is 18.6 Å². The monoisotopic (exact) mass is 266 g/mol. The molecule has 0 amide bonds. The van der Waals surface area contributed by atoms with Gasteiger partial charge in [-0.3, -0.25) is 0 Å². The first kappa shape index (κ1) is 12.7. The lowest BCUT2D eigenvalue weighted by atomic mass is 10.1. The van der Waals surface area contributed by atoms with Gasteiger partial charge in [-0.25, -0.2) is 4.52 Å². The van der Waals surface area contributed by atoms with E-state index in [0.29, 0.717) is 5.95 Å². The van der Waals surface area contributed by atoms with E-state index in [4.69, 9.17) is 0 Å². The number of fused-ring (bicyclic) bond motifs is 1. The number of nitrogens with zero attached hydrogens (tertiary/aromatic N) is 3. The molecule has 0 fully saturated rings. The molecule has 1 N–H and O–H groups in total. The molecule has 4 heteroatoms. The largest absolute Gasteiger partial charge is 0.349 e. The second-order valence-electron chi connectivity index (χ2n) is 4.97. The summed E-state index contributed by atoms with van der Waals surface area (Å²) in [6.07, 6.45) is 3.05. The van der Waals surface area contributed by atoms with Gasteiger partial charge in [0.2, 0.25) is 5.95 Å². The second-order valence-corrected chi connectivity index (χ2v) is 4.97. The quantitative estimate of drug-likeness (QED) is 0.788. The third-order valence-corrected chi connectivity index (χ3v) is 3.36. The average Bonchev–Trinajstić information content (AvgIpc) is 2.87. The number of benzene rings is 1. The van der Waals surface area contributed by atoms with Gasteiger partial charge in [0.05, 0.1) is 0 Å². The van der Waals surface area contributed by atoms with Crippen LogP contribution in [0.4, 0.5) is 5.95 Å². The fourth-order valence-corrected chi connectivity index (χ4v) is 2.13. The highest BCUT2D eigenvalue weighted by molar-refractivity contribution is 5.44. The number of rotatable bonds is 4. The van der Waals surface area contributed by atoms with Crippen molar-refractivity contribution in [1.82, 2.24) is 14.6 Å². The van der Waals surface area contributed by atoms with Gasteiger partial charge in [0.15, 0.2) is 5.65 Å². The summed E-state index contributed by atoms with van der Waals surface area (Å²) in [7, 11) is 0. The minimum Gasteiger partial charge on any atom is -0.349 e. The van der Waals surface area contributed by atoms with Gasteiger partial charge < -0.3 is 5.32 Å². The van der Waals surface area contributed by atoms with Gasteiger partial charge in [-0.15, -0.1) is 5.10 Å². The van der Waals surface area contributed by atoms with Gasteiger partial charge in [-0.05, 0) is 36.1 Å².